The van der Waals surface area contributed by atoms with E-state index in [4.69, 9.17) is 9.47 Å². The summed E-state index contributed by atoms with van der Waals surface area (Å²) in [5, 5.41) is 11.1. The topological polar surface area (TPSA) is 59.0 Å². The molecule has 0 spiro atoms. The van der Waals surface area contributed by atoms with Gasteiger partial charge in [0.15, 0.2) is 0 Å². The van der Waals surface area contributed by atoms with Crippen LogP contribution in [0.3, 0.4) is 0 Å². The second-order valence-electron chi connectivity index (χ2n) is 5.19. The molecular formula is C13H19NO4S. The molecule has 19 heavy (non-hydrogen) atoms. The highest BCUT2D eigenvalue weighted by atomic mass is 32.1. The average molecular weight is 285 g/mol. The van der Waals surface area contributed by atoms with Gasteiger partial charge in [-0.05, 0) is 25.3 Å². The van der Waals surface area contributed by atoms with E-state index in [0.717, 1.165) is 0 Å². The van der Waals surface area contributed by atoms with Gasteiger partial charge in [0.1, 0.15) is 10.6 Å². The SMILES string of the molecule is COc1ccsc1C(=O)N1CC(CO)OC(C)(C)C1. The summed E-state index contributed by atoms with van der Waals surface area (Å²) in [7, 11) is 1.55. The van der Waals surface area contributed by atoms with Gasteiger partial charge in [-0.3, -0.25) is 4.79 Å². The molecular weight excluding hydrogens is 266 g/mol. The first-order valence-corrected chi connectivity index (χ1v) is 7.04. The molecule has 1 amide bonds. The summed E-state index contributed by atoms with van der Waals surface area (Å²) >= 11 is 1.37. The molecule has 2 heterocycles. The quantitative estimate of drug-likeness (QED) is 0.911. The minimum absolute atomic E-state index is 0.0679. The second-order valence-corrected chi connectivity index (χ2v) is 6.10. The lowest BCUT2D eigenvalue weighted by molar-refractivity contribution is -0.139. The van der Waals surface area contributed by atoms with E-state index in [0.29, 0.717) is 23.7 Å². The lowest BCUT2D eigenvalue weighted by atomic mass is 10.1. The van der Waals surface area contributed by atoms with Crippen LogP contribution in [0.1, 0.15) is 23.5 Å². The molecule has 2 rings (SSSR count). The highest BCUT2D eigenvalue weighted by molar-refractivity contribution is 7.12. The number of hydrogen-bond acceptors (Lipinski definition) is 5. The van der Waals surface area contributed by atoms with E-state index >= 15 is 0 Å². The van der Waals surface area contributed by atoms with Crippen LogP contribution < -0.4 is 4.74 Å². The fourth-order valence-electron chi connectivity index (χ4n) is 2.30. The van der Waals surface area contributed by atoms with Crippen LogP contribution in [0.25, 0.3) is 0 Å². The first-order valence-electron chi connectivity index (χ1n) is 6.16. The van der Waals surface area contributed by atoms with Crippen molar-refractivity contribution >= 4 is 17.2 Å². The number of morpholine rings is 1. The van der Waals surface area contributed by atoms with Gasteiger partial charge in [-0.15, -0.1) is 11.3 Å². The Hall–Kier alpha value is -1.11. The third kappa shape index (κ3) is 3.08. The van der Waals surface area contributed by atoms with Gasteiger partial charge >= 0.3 is 0 Å². The van der Waals surface area contributed by atoms with Crippen LogP contribution in [0, 0.1) is 0 Å². The number of carbonyl (C=O) groups excluding carboxylic acids is 1. The number of nitrogens with zero attached hydrogens (tertiary/aromatic N) is 1. The van der Waals surface area contributed by atoms with Crippen LogP contribution in [-0.2, 0) is 4.74 Å². The van der Waals surface area contributed by atoms with Gasteiger partial charge in [0.25, 0.3) is 5.91 Å². The standard InChI is InChI=1S/C13H19NO4S/c1-13(2)8-14(6-9(7-15)18-13)12(16)11-10(17-3)4-5-19-11/h4-5,9,15H,6-8H2,1-3H3. The Morgan fingerprint density at radius 3 is 3.05 bits per heavy atom. The molecule has 0 aliphatic carbocycles. The highest BCUT2D eigenvalue weighted by Crippen LogP contribution is 2.29. The van der Waals surface area contributed by atoms with E-state index in [1.54, 1.807) is 18.1 Å². The average Bonchev–Trinajstić information content (AvgIpc) is 2.84. The van der Waals surface area contributed by atoms with Crippen LogP contribution in [0.2, 0.25) is 0 Å². The molecule has 1 saturated heterocycles. The van der Waals surface area contributed by atoms with Gasteiger partial charge in [-0.1, -0.05) is 0 Å². The summed E-state index contributed by atoms with van der Waals surface area (Å²) in [6, 6.07) is 1.78. The summed E-state index contributed by atoms with van der Waals surface area (Å²) in [6.07, 6.45) is -0.335. The molecule has 6 heteroatoms. The van der Waals surface area contributed by atoms with Crippen molar-refractivity contribution in [2.24, 2.45) is 0 Å². The zero-order chi connectivity index (χ0) is 14.0. The Labute approximate surface area is 116 Å². The first kappa shape index (κ1) is 14.3. The van der Waals surface area contributed by atoms with Gasteiger partial charge in [0.05, 0.1) is 25.4 Å². The maximum absolute atomic E-state index is 12.5. The molecule has 0 bridgehead atoms. The zero-order valence-electron chi connectivity index (χ0n) is 11.4. The van der Waals surface area contributed by atoms with E-state index in [1.165, 1.54) is 11.3 Å². The molecule has 1 unspecified atom stereocenters. The number of hydrogen-bond donors (Lipinski definition) is 1. The van der Waals surface area contributed by atoms with Crippen LogP contribution in [0.4, 0.5) is 0 Å². The molecule has 1 aliphatic rings. The molecule has 0 saturated carbocycles. The van der Waals surface area contributed by atoms with Crippen LogP contribution in [0.15, 0.2) is 11.4 Å². The fourth-order valence-corrected chi connectivity index (χ4v) is 3.13. The maximum Gasteiger partial charge on any atom is 0.267 e. The Kier molecular flexibility index (Phi) is 4.13. The highest BCUT2D eigenvalue weighted by Gasteiger charge is 2.36. The second kappa shape index (κ2) is 5.48. The molecule has 0 aromatic carbocycles. The Bertz CT molecular complexity index is 457. The van der Waals surface area contributed by atoms with Gasteiger partial charge < -0.3 is 19.5 Å². The minimum Gasteiger partial charge on any atom is -0.495 e. The smallest absolute Gasteiger partial charge is 0.267 e. The summed E-state index contributed by atoms with van der Waals surface area (Å²) < 4.78 is 10.9. The van der Waals surface area contributed by atoms with Crippen LogP contribution >= 0.6 is 11.3 Å². The van der Waals surface area contributed by atoms with Gasteiger partial charge in [-0.2, -0.15) is 0 Å². The van der Waals surface area contributed by atoms with Crippen molar-refractivity contribution in [3.05, 3.63) is 16.3 Å². The first-order chi connectivity index (χ1) is 8.96. The molecule has 1 aliphatic heterocycles. The fraction of sp³-hybridized carbons (Fsp3) is 0.615. The predicted octanol–water partition coefficient (Wildman–Crippen LogP) is 1.37. The van der Waals surface area contributed by atoms with Crippen LogP contribution in [0.5, 0.6) is 5.75 Å². The number of carbonyl (C=O) groups is 1. The molecule has 106 valence electrons. The number of aliphatic hydroxyl groups is 1. The maximum atomic E-state index is 12.5. The molecule has 1 N–H and O–H groups in total. The van der Waals surface area contributed by atoms with Crippen molar-refractivity contribution in [1.82, 2.24) is 4.90 Å². The van der Waals surface area contributed by atoms with E-state index in [2.05, 4.69) is 0 Å². The van der Waals surface area contributed by atoms with Crippen molar-refractivity contribution in [2.45, 2.75) is 25.6 Å². The number of methoxy groups -OCH3 is 1. The Morgan fingerprint density at radius 1 is 1.68 bits per heavy atom. The summed E-state index contributed by atoms with van der Waals surface area (Å²) in [5.41, 5.74) is -0.453. The molecule has 1 aromatic heterocycles. The zero-order valence-corrected chi connectivity index (χ0v) is 12.2. The third-order valence-electron chi connectivity index (χ3n) is 3.02. The van der Waals surface area contributed by atoms with E-state index in [1.807, 2.05) is 19.2 Å². The van der Waals surface area contributed by atoms with E-state index in [9.17, 15) is 9.90 Å². The van der Waals surface area contributed by atoms with Crippen molar-refractivity contribution in [2.75, 3.05) is 26.8 Å². The lowest BCUT2D eigenvalue weighted by Gasteiger charge is -2.42. The number of thiophene rings is 1. The number of aliphatic hydroxyl groups excluding tert-OH is 1. The van der Waals surface area contributed by atoms with Crippen molar-refractivity contribution in [3.8, 4) is 5.75 Å². The summed E-state index contributed by atoms with van der Waals surface area (Å²) in [6.45, 7) is 4.65. The molecule has 1 atom stereocenters. The van der Waals surface area contributed by atoms with Gasteiger partial charge in [-0.25, -0.2) is 0 Å². The third-order valence-corrected chi connectivity index (χ3v) is 3.90. The normalized spacial score (nSPS) is 22.3. The van der Waals surface area contributed by atoms with Crippen molar-refractivity contribution < 1.29 is 19.4 Å². The monoisotopic (exact) mass is 285 g/mol. The number of amides is 1. The lowest BCUT2D eigenvalue weighted by Crippen LogP contribution is -2.55. The number of ether oxygens (including phenoxy) is 2. The molecule has 5 nitrogen and oxygen atoms in total. The predicted molar refractivity (Wildman–Crippen MR) is 72.8 cm³/mol. The van der Waals surface area contributed by atoms with Crippen molar-refractivity contribution in [1.29, 1.82) is 0 Å². The molecule has 1 fully saturated rings. The van der Waals surface area contributed by atoms with E-state index < -0.39 is 5.60 Å². The minimum atomic E-state index is -0.453. The molecule has 1 aromatic rings. The summed E-state index contributed by atoms with van der Waals surface area (Å²) in [5.74, 6) is 0.529. The van der Waals surface area contributed by atoms with E-state index in [-0.39, 0.29) is 18.6 Å². The van der Waals surface area contributed by atoms with Gasteiger partial charge in [0.2, 0.25) is 0 Å². The van der Waals surface area contributed by atoms with Gasteiger partial charge in [0, 0.05) is 13.1 Å². The number of rotatable bonds is 3. The summed E-state index contributed by atoms with van der Waals surface area (Å²) in [4.78, 5) is 14.8. The Balaban J connectivity index is 2.18. The van der Waals surface area contributed by atoms with Crippen molar-refractivity contribution in [3.63, 3.8) is 0 Å². The Morgan fingerprint density at radius 2 is 2.42 bits per heavy atom. The van der Waals surface area contributed by atoms with Crippen LogP contribution in [-0.4, -0.2) is 54.4 Å². The molecule has 0 radical (unpaired) electrons. The largest absolute Gasteiger partial charge is 0.495 e.